The van der Waals surface area contributed by atoms with Crippen LogP contribution in [0.25, 0.3) is 22.9 Å². The Morgan fingerprint density at radius 2 is 1.67 bits per heavy atom. The highest BCUT2D eigenvalue weighted by molar-refractivity contribution is 7.08. The van der Waals surface area contributed by atoms with E-state index in [9.17, 15) is 0 Å². The molecule has 3 aromatic rings. The summed E-state index contributed by atoms with van der Waals surface area (Å²) in [6, 6.07) is 21.8. The van der Waals surface area contributed by atoms with E-state index in [0.29, 0.717) is 4.66 Å². The number of hydrogen-bond donors (Lipinski definition) is 0. The minimum absolute atomic E-state index is 0.0423. The summed E-state index contributed by atoms with van der Waals surface area (Å²) in [4.78, 5) is 4.54. The number of aryl methyl sites for hydroxylation is 1. The van der Waals surface area contributed by atoms with E-state index in [1.54, 1.807) is 0 Å². The molecule has 0 aliphatic carbocycles. The molecule has 2 aromatic carbocycles. The summed E-state index contributed by atoms with van der Waals surface area (Å²) in [6.07, 6.45) is 2.04. The molecule has 0 saturated carbocycles. The monoisotopic (exact) mass is 327 g/mol. The Morgan fingerprint density at radius 1 is 1.00 bits per heavy atom. The predicted octanol–water partition coefficient (Wildman–Crippen LogP) is 3.15. The van der Waals surface area contributed by atoms with Crippen LogP contribution in [-0.2, 0) is 0 Å². The molecule has 0 N–H and O–H groups in total. The van der Waals surface area contributed by atoms with Gasteiger partial charge in [0, 0.05) is 5.56 Å². The van der Waals surface area contributed by atoms with Gasteiger partial charge in [-0.3, -0.25) is 0 Å². The van der Waals surface area contributed by atoms with Crippen LogP contribution in [0.4, 0.5) is 0 Å². The van der Waals surface area contributed by atoms with Gasteiger partial charge in [-0.15, -0.1) is 11.3 Å². The van der Waals surface area contributed by atoms with Gasteiger partial charge >= 0.3 is 0 Å². The summed E-state index contributed by atoms with van der Waals surface area (Å²) < 4.78 is 1.39. The van der Waals surface area contributed by atoms with Gasteiger partial charge in [-0.2, -0.15) is 10.5 Å². The van der Waals surface area contributed by atoms with Gasteiger partial charge in [0.15, 0.2) is 5.57 Å². The van der Waals surface area contributed by atoms with E-state index < -0.39 is 0 Å². The average Bonchev–Trinajstić information content (AvgIpc) is 3.02. The van der Waals surface area contributed by atoms with Gasteiger partial charge in [-0.05, 0) is 18.6 Å². The molecule has 0 atom stereocenters. The van der Waals surface area contributed by atoms with Crippen molar-refractivity contribution in [1.82, 2.24) is 4.98 Å². The lowest BCUT2D eigenvalue weighted by Crippen LogP contribution is -2.01. The standard InChI is InChI=1S/C20H13N3S/c1-14-7-9-15(10-8-14)11-18-19(16-5-3-2-4-6-16)23-20(24-18)17(12-21)13-22/h2-11H,1H3. The van der Waals surface area contributed by atoms with E-state index in [-0.39, 0.29) is 5.57 Å². The number of benzene rings is 2. The number of thiazole rings is 1. The fraction of sp³-hybridized carbons (Fsp3) is 0.0500. The highest BCUT2D eigenvalue weighted by Gasteiger charge is 2.07. The Hall–Kier alpha value is -3.21. The number of aromatic nitrogens is 1. The SMILES string of the molecule is Cc1ccc(C=c2sc(=C(C#N)C#N)nc2-c2ccccc2)cc1. The van der Waals surface area contributed by atoms with Crippen LogP contribution in [-0.4, -0.2) is 4.98 Å². The first kappa shape index (κ1) is 15.7. The molecule has 1 aromatic heterocycles. The zero-order chi connectivity index (χ0) is 16.9. The van der Waals surface area contributed by atoms with E-state index in [1.807, 2.05) is 67.6 Å². The van der Waals surface area contributed by atoms with Crippen molar-refractivity contribution in [2.45, 2.75) is 6.92 Å². The van der Waals surface area contributed by atoms with Gasteiger partial charge in [0.1, 0.15) is 16.8 Å². The Morgan fingerprint density at radius 3 is 2.29 bits per heavy atom. The highest BCUT2D eigenvalue weighted by Crippen LogP contribution is 2.13. The summed E-state index contributed by atoms with van der Waals surface area (Å²) >= 11 is 1.36. The van der Waals surface area contributed by atoms with Crippen LogP contribution in [0.3, 0.4) is 0 Å². The molecule has 0 unspecified atom stereocenters. The normalized spacial score (nSPS) is 10.9. The topological polar surface area (TPSA) is 60.5 Å². The van der Waals surface area contributed by atoms with Gasteiger partial charge in [-0.25, -0.2) is 4.98 Å². The fourth-order valence-corrected chi connectivity index (χ4v) is 3.27. The molecular weight excluding hydrogens is 314 g/mol. The molecule has 0 amide bonds. The van der Waals surface area contributed by atoms with Crippen molar-refractivity contribution in [1.29, 1.82) is 10.5 Å². The number of hydrogen-bond acceptors (Lipinski definition) is 4. The molecule has 3 rings (SSSR count). The third-order valence-corrected chi connectivity index (χ3v) is 4.53. The number of rotatable bonds is 2. The zero-order valence-corrected chi connectivity index (χ0v) is 13.8. The van der Waals surface area contributed by atoms with Gasteiger partial charge in [0.05, 0.1) is 10.2 Å². The van der Waals surface area contributed by atoms with E-state index in [0.717, 1.165) is 21.4 Å². The van der Waals surface area contributed by atoms with Crippen LogP contribution in [0.1, 0.15) is 11.1 Å². The summed E-state index contributed by atoms with van der Waals surface area (Å²) in [5.74, 6) is 0. The molecule has 4 heteroatoms. The van der Waals surface area contributed by atoms with Crippen molar-refractivity contribution < 1.29 is 0 Å². The maximum Gasteiger partial charge on any atom is 0.165 e. The number of nitriles is 2. The second kappa shape index (κ2) is 6.91. The minimum Gasteiger partial charge on any atom is -0.234 e. The lowest BCUT2D eigenvalue weighted by atomic mass is 10.1. The first-order chi connectivity index (χ1) is 11.7. The van der Waals surface area contributed by atoms with Crippen molar-refractivity contribution in [2.24, 2.45) is 0 Å². The van der Waals surface area contributed by atoms with Gasteiger partial charge < -0.3 is 0 Å². The maximum absolute atomic E-state index is 9.12. The third kappa shape index (κ3) is 3.25. The lowest BCUT2D eigenvalue weighted by molar-refractivity contribution is 1.33. The first-order valence-electron chi connectivity index (χ1n) is 7.36. The highest BCUT2D eigenvalue weighted by atomic mass is 32.1. The minimum atomic E-state index is 0.0423. The molecule has 0 aliphatic heterocycles. The second-order valence-corrected chi connectivity index (χ2v) is 6.28. The van der Waals surface area contributed by atoms with Crippen LogP contribution in [0.5, 0.6) is 0 Å². The summed E-state index contributed by atoms with van der Waals surface area (Å²) in [5.41, 5.74) is 4.06. The molecule has 24 heavy (non-hydrogen) atoms. The first-order valence-corrected chi connectivity index (χ1v) is 8.18. The molecule has 0 bridgehead atoms. The largest absolute Gasteiger partial charge is 0.234 e. The van der Waals surface area contributed by atoms with Crippen LogP contribution < -0.4 is 9.20 Å². The van der Waals surface area contributed by atoms with E-state index in [4.69, 9.17) is 10.5 Å². The molecule has 0 aliphatic rings. The van der Waals surface area contributed by atoms with Crippen LogP contribution in [0.15, 0.2) is 54.6 Å². The molecular formula is C20H13N3S. The van der Waals surface area contributed by atoms with Crippen LogP contribution in [0, 0.1) is 29.6 Å². The number of nitrogens with zero attached hydrogens (tertiary/aromatic N) is 3. The van der Waals surface area contributed by atoms with Gasteiger partial charge in [0.25, 0.3) is 0 Å². The third-order valence-electron chi connectivity index (χ3n) is 3.51. The van der Waals surface area contributed by atoms with E-state index in [1.165, 1.54) is 16.9 Å². The predicted molar refractivity (Wildman–Crippen MR) is 96.2 cm³/mol. The summed E-state index contributed by atoms with van der Waals surface area (Å²) in [5, 5.41) is 18.2. The molecule has 3 nitrogen and oxygen atoms in total. The quantitative estimate of drug-likeness (QED) is 0.726. The smallest absolute Gasteiger partial charge is 0.165 e. The van der Waals surface area contributed by atoms with Crippen LogP contribution >= 0.6 is 11.3 Å². The molecule has 0 saturated heterocycles. The molecule has 0 fully saturated rings. The van der Waals surface area contributed by atoms with E-state index in [2.05, 4.69) is 17.1 Å². The van der Waals surface area contributed by atoms with Gasteiger partial charge in [-0.1, -0.05) is 60.2 Å². The van der Waals surface area contributed by atoms with Crippen LogP contribution in [0.2, 0.25) is 0 Å². The van der Waals surface area contributed by atoms with Crippen molar-refractivity contribution in [2.75, 3.05) is 0 Å². The van der Waals surface area contributed by atoms with E-state index >= 15 is 0 Å². The lowest BCUT2D eigenvalue weighted by Gasteiger charge is -1.97. The van der Waals surface area contributed by atoms with Crippen molar-refractivity contribution >= 4 is 23.0 Å². The molecule has 0 radical (unpaired) electrons. The summed E-state index contributed by atoms with van der Waals surface area (Å²) in [6.45, 7) is 2.05. The zero-order valence-electron chi connectivity index (χ0n) is 13.0. The maximum atomic E-state index is 9.12. The second-order valence-electron chi connectivity index (χ2n) is 5.25. The average molecular weight is 327 g/mol. The fourth-order valence-electron chi connectivity index (χ4n) is 2.27. The summed E-state index contributed by atoms with van der Waals surface area (Å²) in [7, 11) is 0. The van der Waals surface area contributed by atoms with Crippen molar-refractivity contribution in [3.05, 3.63) is 74.9 Å². The molecule has 1 heterocycles. The Kier molecular flexibility index (Phi) is 4.52. The molecule has 0 spiro atoms. The van der Waals surface area contributed by atoms with Crippen molar-refractivity contribution in [3.8, 4) is 23.4 Å². The van der Waals surface area contributed by atoms with Gasteiger partial charge in [0.2, 0.25) is 0 Å². The Bertz CT molecular complexity index is 1050. The Balaban J connectivity index is 2.29. The molecule has 114 valence electrons. The van der Waals surface area contributed by atoms with Crippen molar-refractivity contribution in [3.63, 3.8) is 0 Å². The Labute approximate surface area is 144 Å².